The normalized spacial score (nSPS) is 18.9. The highest BCUT2D eigenvalue weighted by Gasteiger charge is 2.41. The van der Waals surface area contributed by atoms with Crippen molar-refractivity contribution >= 4 is 17.7 Å². The van der Waals surface area contributed by atoms with Crippen LogP contribution in [0.15, 0.2) is 0 Å². The Kier molecular flexibility index (Phi) is 8.12. The van der Waals surface area contributed by atoms with Gasteiger partial charge >= 0.3 is 0 Å². The van der Waals surface area contributed by atoms with Crippen LogP contribution in [0, 0.1) is 5.41 Å². The number of carbonyl (C=O) groups is 3. The maximum atomic E-state index is 12.7. The average molecular weight is 313 g/mol. The topological polar surface area (TPSA) is 78.5 Å². The van der Waals surface area contributed by atoms with Crippen LogP contribution in [-0.2, 0) is 14.4 Å². The van der Waals surface area contributed by atoms with E-state index >= 15 is 0 Å². The molecule has 6 heteroatoms. The summed E-state index contributed by atoms with van der Waals surface area (Å²) in [4.78, 5) is 37.4. The predicted molar refractivity (Wildman–Crippen MR) is 87.2 cm³/mol. The van der Waals surface area contributed by atoms with Gasteiger partial charge in [-0.2, -0.15) is 0 Å². The predicted octanol–water partition coefficient (Wildman–Crippen LogP) is 1.30. The zero-order valence-electron chi connectivity index (χ0n) is 14.9. The number of amides is 3. The first-order valence-corrected chi connectivity index (χ1v) is 7.97. The summed E-state index contributed by atoms with van der Waals surface area (Å²) >= 11 is 0. The van der Waals surface area contributed by atoms with Gasteiger partial charge < -0.3 is 15.5 Å². The minimum absolute atomic E-state index is 0.147. The first-order chi connectivity index (χ1) is 10.2. The second-order valence-corrected chi connectivity index (χ2v) is 6.30. The third-order valence-corrected chi connectivity index (χ3v) is 3.55. The van der Waals surface area contributed by atoms with Crippen molar-refractivity contribution in [2.45, 2.75) is 66.5 Å². The molecule has 1 saturated heterocycles. The van der Waals surface area contributed by atoms with Crippen molar-refractivity contribution in [2.75, 3.05) is 13.6 Å². The van der Waals surface area contributed by atoms with E-state index in [2.05, 4.69) is 10.6 Å². The van der Waals surface area contributed by atoms with E-state index in [9.17, 15) is 14.4 Å². The third kappa shape index (κ3) is 5.31. The smallest absolute Gasteiger partial charge is 0.246 e. The van der Waals surface area contributed by atoms with Gasteiger partial charge in [-0.1, -0.05) is 34.6 Å². The molecule has 0 radical (unpaired) electrons. The van der Waals surface area contributed by atoms with Crippen LogP contribution in [0.3, 0.4) is 0 Å². The van der Waals surface area contributed by atoms with Gasteiger partial charge in [0.1, 0.15) is 12.1 Å². The van der Waals surface area contributed by atoms with Crippen LogP contribution in [0.25, 0.3) is 0 Å². The molecule has 0 aromatic rings. The molecule has 6 nitrogen and oxygen atoms in total. The van der Waals surface area contributed by atoms with E-state index in [4.69, 9.17) is 0 Å². The van der Waals surface area contributed by atoms with Crippen LogP contribution in [0.2, 0.25) is 0 Å². The highest BCUT2D eigenvalue weighted by atomic mass is 16.2. The standard InChI is InChI=1S/C14H25N3O3.C2H6/c1-9(18)16-11(14(2,3)4)13(20)17-8-6-7-10(17)12(19)15-5;1-2/h10-11H,6-8H2,1-5H3,(H,15,19)(H,16,18);1-2H3. The Morgan fingerprint density at radius 2 is 1.73 bits per heavy atom. The van der Waals surface area contributed by atoms with Crippen LogP contribution < -0.4 is 10.6 Å². The molecule has 2 unspecified atom stereocenters. The van der Waals surface area contributed by atoms with Gasteiger partial charge in [-0.15, -0.1) is 0 Å². The lowest BCUT2D eigenvalue weighted by atomic mass is 9.85. The summed E-state index contributed by atoms with van der Waals surface area (Å²) in [7, 11) is 1.57. The Labute approximate surface area is 134 Å². The van der Waals surface area contributed by atoms with E-state index in [1.165, 1.54) is 6.92 Å². The number of hydrogen-bond acceptors (Lipinski definition) is 3. The molecule has 2 atom stereocenters. The minimum atomic E-state index is -0.620. The van der Waals surface area contributed by atoms with Crippen molar-refractivity contribution in [3.63, 3.8) is 0 Å². The van der Waals surface area contributed by atoms with Crippen LogP contribution in [0.1, 0.15) is 54.4 Å². The molecule has 1 rings (SSSR count). The lowest BCUT2D eigenvalue weighted by molar-refractivity contribution is -0.143. The summed E-state index contributed by atoms with van der Waals surface area (Å²) < 4.78 is 0. The van der Waals surface area contributed by atoms with Crippen molar-refractivity contribution in [2.24, 2.45) is 5.41 Å². The molecule has 1 aliphatic rings. The summed E-state index contributed by atoms with van der Waals surface area (Å²) in [6.45, 7) is 11.7. The summed E-state index contributed by atoms with van der Waals surface area (Å²) in [6.07, 6.45) is 1.48. The van der Waals surface area contributed by atoms with Gasteiger partial charge in [0.2, 0.25) is 17.7 Å². The van der Waals surface area contributed by atoms with E-state index < -0.39 is 17.5 Å². The fourth-order valence-corrected chi connectivity index (χ4v) is 2.49. The Morgan fingerprint density at radius 1 is 1.18 bits per heavy atom. The second kappa shape index (κ2) is 8.76. The molecule has 0 saturated carbocycles. The molecule has 3 amide bonds. The molecule has 1 fully saturated rings. The number of nitrogens with one attached hydrogen (secondary N) is 2. The monoisotopic (exact) mass is 313 g/mol. The number of carbonyl (C=O) groups excluding carboxylic acids is 3. The lowest BCUT2D eigenvalue weighted by Crippen LogP contribution is -2.57. The van der Waals surface area contributed by atoms with Gasteiger partial charge in [-0.3, -0.25) is 14.4 Å². The van der Waals surface area contributed by atoms with E-state index in [1.807, 2.05) is 34.6 Å². The molecule has 0 aromatic carbocycles. The van der Waals surface area contributed by atoms with Crippen LogP contribution >= 0.6 is 0 Å². The number of hydrogen-bond donors (Lipinski definition) is 2. The minimum Gasteiger partial charge on any atom is -0.357 e. The van der Waals surface area contributed by atoms with Gasteiger partial charge in [0.25, 0.3) is 0 Å². The number of likely N-dealkylation sites (tertiary alicyclic amines) is 1. The summed E-state index contributed by atoms with van der Waals surface area (Å²) in [5, 5.41) is 5.30. The van der Waals surface area contributed by atoms with Gasteiger partial charge in [0, 0.05) is 20.5 Å². The fourth-order valence-electron chi connectivity index (χ4n) is 2.49. The Bertz CT molecular complexity index is 402. The second-order valence-electron chi connectivity index (χ2n) is 6.30. The number of likely N-dealkylation sites (N-methyl/N-ethyl adjacent to an activating group) is 1. The molecule has 1 heterocycles. The zero-order valence-corrected chi connectivity index (χ0v) is 14.9. The SMILES string of the molecule is CC.CNC(=O)C1CCCN1C(=O)C(NC(C)=O)C(C)(C)C. The first-order valence-electron chi connectivity index (χ1n) is 7.97. The summed E-state index contributed by atoms with van der Waals surface area (Å²) in [5.41, 5.74) is -0.404. The maximum Gasteiger partial charge on any atom is 0.246 e. The molecule has 0 aliphatic carbocycles. The number of nitrogens with zero attached hydrogens (tertiary/aromatic N) is 1. The molecule has 2 N–H and O–H groups in total. The lowest BCUT2D eigenvalue weighted by Gasteiger charge is -2.35. The molecule has 0 aromatic heterocycles. The van der Waals surface area contributed by atoms with Crippen LogP contribution in [0.5, 0.6) is 0 Å². The molecule has 128 valence electrons. The van der Waals surface area contributed by atoms with E-state index in [-0.39, 0.29) is 17.7 Å². The molecular formula is C16H31N3O3. The summed E-state index contributed by atoms with van der Waals surface area (Å²) in [5.74, 6) is -0.570. The molecule has 0 spiro atoms. The van der Waals surface area contributed by atoms with E-state index in [0.717, 1.165) is 6.42 Å². The molecular weight excluding hydrogens is 282 g/mol. The van der Waals surface area contributed by atoms with Crippen molar-refractivity contribution < 1.29 is 14.4 Å². The number of rotatable bonds is 3. The van der Waals surface area contributed by atoms with E-state index in [1.54, 1.807) is 11.9 Å². The van der Waals surface area contributed by atoms with Crippen molar-refractivity contribution in [1.29, 1.82) is 0 Å². The average Bonchev–Trinajstić information content (AvgIpc) is 2.93. The Morgan fingerprint density at radius 3 is 2.14 bits per heavy atom. The van der Waals surface area contributed by atoms with Crippen LogP contribution in [0.4, 0.5) is 0 Å². The molecule has 0 bridgehead atoms. The van der Waals surface area contributed by atoms with E-state index in [0.29, 0.717) is 13.0 Å². The largest absolute Gasteiger partial charge is 0.357 e. The fraction of sp³-hybridized carbons (Fsp3) is 0.812. The van der Waals surface area contributed by atoms with Crippen molar-refractivity contribution in [1.82, 2.24) is 15.5 Å². The Hall–Kier alpha value is -1.59. The van der Waals surface area contributed by atoms with Gasteiger partial charge in [-0.25, -0.2) is 0 Å². The van der Waals surface area contributed by atoms with Crippen molar-refractivity contribution in [3.05, 3.63) is 0 Å². The summed E-state index contributed by atoms with van der Waals surface area (Å²) in [6, 6.07) is -1.05. The molecule has 22 heavy (non-hydrogen) atoms. The Balaban J connectivity index is 0.00000211. The quantitative estimate of drug-likeness (QED) is 0.824. The highest BCUT2D eigenvalue weighted by molar-refractivity contribution is 5.92. The van der Waals surface area contributed by atoms with Crippen molar-refractivity contribution in [3.8, 4) is 0 Å². The van der Waals surface area contributed by atoms with Gasteiger partial charge in [0.05, 0.1) is 0 Å². The van der Waals surface area contributed by atoms with Gasteiger partial charge in [0.15, 0.2) is 0 Å². The van der Waals surface area contributed by atoms with Gasteiger partial charge in [-0.05, 0) is 18.3 Å². The van der Waals surface area contributed by atoms with Crippen LogP contribution in [-0.4, -0.2) is 48.3 Å². The molecule has 1 aliphatic heterocycles. The first kappa shape index (κ1) is 20.4. The maximum absolute atomic E-state index is 12.7. The highest BCUT2D eigenvalue weighted by Crippen LogP contribution is 2.25. The third-order valence-electron chi connectivity index (χ3n) is 3.55. The zero-order chi connectivity index (χ0) is 17.5.